The Morgan fingerprint density at radius 2 is 1.83 bits per heavy atom. The molecule has 0 spiro atoms. The van der Waals surface area contributed by atoms with Crippen LogP contribution in [0, 0.1) is 0 Å². The summed E-state index contributed by atoms with van der Waals surface area (Å²) in [4.78, 5) is 40.4. The maximum Gasteiger partial charge on any atom is 0.397 e. The number of para-hydroxylation sites is 1. The van der Waals surface area contributed by atoms with Gasteiger partial charge in [-0.15, -0.1) is 0 Å². The number of hydrogen-bond donors (Lipinski definition) is 1. The number of rotatable bonds is 4. The Labute approximate surface area is 165 Å². The van der Waals surface area contributed by atoms with Crippen LogP contribution in [0.3, 0.4) is 0 Å². The number of imide groups is 1. The zero-order valence-corrected chi connectivity index (χ0v) is 15.8. The number of nitrogens with zero attached hydrogens (tertiary/aromatic N) is 1. The van der Waals surface area contributed by atoms with Gasteiger partial charge in [-0.2, -0.15) is 0 Å². The van der Waals surface area contributed by atoms with Crippen LogP contribution in [0.15, 0.2) is 64.0 Å². The number of fused-ring (bicyclic) bond motifs is 1. The van der Waals surface area contributed by atoms with Gasteiger partial charge < -0.3 is 13.9 Å². The minimum Gasteiger partial charge on any atom is -0.497 e. The Morgan fingerprint density at radius 1 is 1.07 bits per heavy atom. The molecule has 1 heterocycles. The fraction of sp³-hybridized carbons (Fsp3) is 0.143. The Hall–Kier alpha value is -3.94. The van der Waals surface area contributed by atoms with Crippen molar-refractivity contribution in [2.45, 2.75) is 6.92 Å². The van der Waals surface area contributed by atoms with Gasteiger partial charge in [-0.25, -0.2) is 9.79 Å². The van der Waals surface area contributed by atoms with Crippen LogP contribution < -0.4 is 15.6 Å². The van der Waals surface area contributed by atoms with Crippen molar-refractivity contribution >= 4 is 34.4 Å². The van der Waals surface area contributed by atoms with Crippen LogP contribution in [0.1, 0.15) is 17.3 Å². The van der Waals surface area contributed by atoms with Gasteiger partial charge in [0.2, 0.25) is 5.55 Å². The highest BCUT2D eigenvalue weighted by Gasteiger charge is 2.21. The van der Waals surface area contributed by atoms with E-state index in [0.717, 1.165) is 0 Å². The summed E-state index contributed by atoms with van der Waals surface area (Å²) in [7, 11) is 1.52. The molecule has 0 bridgehead atoms. The molecule has 0 aliphatic heterocycles. The lowest BCUT2D eigenvalue weighted by Gasteiger charge is -2.07. The molecule has 0 unspecified atom stereocenters. The van der Waals surface area contributed by atoms with Crippen LogP contribution in [0.4, 0.5) is 5.69 Å². The van der Waals surface area contributed by atoms with E-state index in [-0.39, 0.29) is 17.7 Å². The lowest BCUT2D eigenvalue weighted by Crippen LogP contribution is -2.39. The van der Waals surface area contributed by atoms with Crippen LogP contribution >= 0.6 is 0 Å². The molecule has 3 rings (SSSR count). The van der Waals surface area contributed by atoms with Crippen molar-refractivity contribution in [1.82, 2.24) is 5.32 Å². The van der Waals surface area contributed by atoms with E-state index in [1.165, 1.54) is 13.2 Å². The zero-order valence-electron chi connectivity index (χ0n) is 15.8. The Balaban J connectivity index is 2.10. The van der Waals surface area contributed by atoms with Gasteiger partial charge in [-0.3, -0.25) is 14.9 Å². The van der Waals surface area contributed by atoms with E-state index < -0.39 is 17.8 Å². The number of amides is 2. The molecule has 1 aromatic heterocycles. The van der Waals surface area contributed by atoms with Crippen LogP contribution in [-0.2, 0) is 14.3 Å². The van der Waals surface area contributed by atoms with E-state index >= 15 is 0 Å². The first-order valence-corrected chi connectivity index (χ1v) is 8.76. The summed E-state index contributed by atoms with van der Waals surface area (Å²) in [6.45, 7) is 1.57. The molecule has 148 valence electrons. The van der Waals surface area contributed by atoms with Crippen LogP contribution in [0.25, 0.3) is 11.0 Å². The number of carbonyl (C=O) groups is 3. The lowest BCUT2D eigenvalue weighted by atomic mass is 10.1. The van der Waals surface area contributed by atoms with Crippen molar-refractivity contribution in [3.05, 3.63) is 65.7 Å². The highest BCUT2D eigenvalue weighted by molar-refractivity contribution is 6.36. The fourth-order valence-electron chi connectivity index (χ4n) is 2.52. The van der Waals surface area contributed by atoms with E-state index in [0.29, 0.717) is 22.4 Å². The molecule has 0 fully saturated rings. The SMILES string of the molecule is CCOC(=O)C(=O)NC(=O)c1cc2cc(OC)ccc2oc1=Nc1ccccc1. The van der Waals surface area contributed by atoms with Gasteiger partial charge in [-0.1, -0.05) is 18.2 Å². The third-order valence-electron chi connectivity index (χ3n) is 3.87. The number of methoxy groups -OCH3 is 1. The number of benzene rings is 2. The molecular weight excluding hydrogens is 376 g/mol. The van der Waals surface area contributed by atoms with Crippen molar-refractivity contribution in [3.8, 4) is 5.75 Å². The standard InChI is InChI=1S/C21H18N2O6/c1-3-28-21(26)19(25)23-18(24)16-12-13-11-15(27-2)9-10-17(13)29-20(16)22-14-7-5-4-6-8-14/h4-12H,3H2,1-2H3,(H,23,24,25). The number of nitrogens with one attached hydrogen (secondary N) is 1. The van der Waals surface area contributed by atoms with Crippen molar-refractivity contribution < 1.29 is 28.3 Å². The van der Waals surface area contributed by atoms with Crippen molar-refractivity contribution in [2.24, 2.45) is 4.99 Å². The van der Waals surface area contributed by atoms with Gasteiger partial charge in [-0.05, 0) is 43.3 Å². The molecule has 8 nitrogen and oxygen atoms in total. The molecule has 0 radical (unpaired) electrons. The minimum atomic E-state index is -1.17. The van der Waals surface area contributed by atoms with E-state index in [9.17, 15) is 14.4 Å². The van der Waals surface area contributed by atoms with E-state index in [4.69, 9.17) is 9.15 Å². The molecular formula is C21H18N2O6. The maximum atomic E-state index is 12.7. The summed E-state index contributed by atoms with van der Waals surface area (Å²) in [6.07, 6.45) is 0. The molecule has 0 saturated heterocycles. The fourth-order valence-corrected chi connectivity index (χ4v) is 2.52. The van der Waals surface area contributed by atoms with Gasteiger partial charge in [0, 0.05) is 5.39 Å². The quantitative estimate of drug-likeness (QED) is 0.538. The molecule has 2 aromatic carbocycles. The van der Waals surface area contributed by atoms with Crippen LogP contribution in [0.2, 0.25) is 0 Å². The molecule has 0 aliphatic rings. The second kappa shape index (κ2) is 8.83. The van der Waals surface area contributed by atoms with E-state index in [2.05, 4.69) is 9.73 Å². The second-order valence-corrected chi connectivity index (χ2v) is 5.82. The third-order valence-corrected chi connectivity index (χ3v) is 3.87. The van der Waals surface area contributed by atoms with Crippen molar-refractivity contribution in [1.29, 1.82) is 0 Å². The minimum absolute atomic E-state index is 0.0111. The summed E-state index contributed by atoms with van der Waals surface area (Å²) in [6, 6.07) is 15.5. The number of ether oxygens (including phenoxy) is 2. The normalized spacial score (nSPS) is 11.2. The maximum absolute atomic E-state index is 12.7. The van der Waals surface area contributed by atoms with Gasteiger partial charge >= 0.3 is 11.9 Å². The molecule has 0 aliphatic carbocycles. The monoisotopic (exact) mass is 394 g/mol. The summed E-state index contributed by atoms with van der Waals surface area (Å²) in [5.74, 6) is -2.60. The van der Waals surface area contributed by atoms with E-state index in [1.807, 2.05) is 11.4 Å². The average molecular weight is 394 g/mol. The Morgan fingerprint density at radius 3 is 2.52 bits per heavy atom. The smallest absolute Gasteiger partial charge is 0.397 e. The highest BCUT2D eigenvalue weighted by Crippen LogP contribution is 2.21. The van der Waals surface area contributed by atoms with Crippen molar-refractivity contribution in [3.63, 3.8) is 0 Å². The molecule has 0 atom stereocenters. The first-order chi connectivity index (χ1) is 14.0. The third kappa shape index (κ3) is 4.67. The first kappa shape index (κ1) is 19.8. The molecule has 29 heavy (non-hydrogen) atoms. The Bertz CT molecular complexity index is 1130. The molecule has 1 N–H and O–H groups in total. The van der Waals surface area contributed by atoms with Crippen LogP contribution in [-0.4, -0.2) is 31.5 Å². The lowest BCUT2D eigenvalue weighted by molar-refractivity contribution is -0.154. The van der Waals surface area contributed by atoms with Crippen molar-refractivity contribution in [2.75, 3.05) is 13.7 Å². The average Bonchev–Trinajstić information content (AvgIpc) is 2.73. The largest absolute Gasteiger partial charge is 0.497 e. The zero-order chi connectivity index (χ0) is 20.8. The molecule has 3 aromatic rings. The molecule has 0 saturated carbocycles. The predicted molar refractivity (Wildman–Crippen MR) is 104 cm³/mol. The molecule has 2 amide bonds. The summed E-state index contributed by atoms with van der Waals surface area (Å²) in [5.41, 5.74) is 0.985. The van der Waals surface area contributed by atoms with E-state index in [1.54, 1.807) is 49.4 Å². The number of hydrogen-bond acceptors (Lipinski definition) is 7. The Kier molecular flexibility index (Phi) is 6.03. The highest BCUT2D eigenvalue weighted by atomic mass is 16.5. The topological polar surface area (TPSA) is 107 Å². The second-order valence-electron chi connectivity index (χ2n) is 5.82. The summed E-state index contributed by atoms with van der Waals surface area (Å²) in [5, 5.41) is 2.56. The first-order valence-electron chi connectivity index (χ1n) is 8.76. The number of esters is 1. The van der Waals surface area contributed by atoms with Gasteiger partial charge in [0.15, 0.2) is 0 Å². The van der Waals surface area contributed by atoms with Gasteiger partial charge in [0.1, 0.15) is 16.9 Å². The van der Waals surface area contributed by atoms with Crippen LogP contribution in [0.5, 0.6) is 5.75 Å². The number of carbonyl (C=O) groups excluding carboxylic acids is 3. The molecule has 8 heteroatoms. The van der Waals surface area contributed by atoms with Gasteiger partial charge in [0.05, 0.1) is 19.4 Å². The van der Waals surface area contributed by atoms with Gasteiger partial charge in [0.25, 0.3) is 5.91 Å². The summed E-state index contributed by atoms with van der Waals surface area (Å²) < 4.78 is 15.6. The predicted octanol–water partition coefficient (Wildman–Crippen LogP) is 2.49. The summed E-state index contributed by atoms with van der Waals surface area (Å²) >= 11 is 0.